The molecule has 2 aromatic heterocycles. The van der Waals surface area contributed by atoms with Gasteiger partial charge in [-0.15, -0.1) is 0 Å². The van der Waals surface area contributed by atoms with Gasteiger partial charge in [0.15, 0.2) is 10.8 Å². The summed E-state index contributed by atoms with van der Waals surface area (Å²) in [5.41, 5.74) is 6.93. The molecule has 0 spiro atoms. The van der Waals surface area contributed by atoms with Crippen LogP contribution in [-0.4, -0.2) is 44.7 Å². The first-order chi connectivity index (χ1) is 11.8. The number of nitrogens with zero attached hydrogens (tertiary/aromatic N) is 4. The van der Waals surface area contributed by atoms with E-state index in [1.807, 2.05) is 0 Å². The van der Waals surface area contributed by atoms with Gasteiger partial charge in [-0.3, -0.25) is 14.2 Å². The average molecular weight is 366 g/mol. The lowest BCUT2D eigenvalue weighted by molar-refractivity contribution is -0.146. The van der Waals surface area contributed by atoms with Crippen molar-refractivity contribution in [2.45, 2.75) is 20.3 Å². The van der Waals surface area contributed by atoms with E-state index in [1.54, 1.807) is 17.1 Å². The van der Waals surface area contributed by atoms with E-state index in [2.05, 4.69) is 15.0 Å². The summed E-state index contributed by atoms with van der Waals surface area (Å²) in [6.07, 6.45) is 3.95. The van der Waals surface area contributed by atoms with Gasteiger partial charge in [-0.05, 0) is 12.0 Å². The number of imidazole rings is 1. The third-order valence-electron chi connectivity index (χ3n) is 3.88. The lowest BCUT2D eigenvalue weighted by Gasteiger charge is -2.14. The zero-order valence-corrected chi connectivity index (χ0v) is 14.4. The van der Waals surface area contributed by atoms with E-state index >= 15 is 0 Å². The lowest BCUT2D eigenvalue weighted by Crippen LogP contribution is -2.21. The molecule has 3 rings (SSSR count). The molecule has 0 amide bonds. The maximum absolute atomic E-state index is 11.1. The molecule has 2 N–H and O–H groups in total. The van der Waals surface area contributed by atoms with Gasteiger partial charge >= 0.3 is 11.9 Å². The van der Waals surface area contributed by atoms with Crippen LogP contribution in [0.3, 0.4) is 0 Å². The lowest BCUT2D eigenvalue weighted by atomic mass is 10.1. The van der Waals surface area contributed by atoms with Crippen molar-refractivity contribution in [1.82, 2.24) is 19.5 Å². The number of hydrogen-bond acceptors (Lipinski definition) is 8. The fourth-order valence-electron chi connectivity index (χ4n) is 2.47. The fourth-order valence-corrected chi connectivity index (χ4v) is 2.69. The summed E-state index contributed by atoms with van der Waals surface area (Å²) in [5.74, 6) is -0.748. The Morgan fingerprint density at radius 2 is 1.96 bits per heavy atom. The molecule has 2 heterocycles. The van der Waals surface area contributed by atoms with Crippen molar-refractivity contribution in [1.29, 1.82) is 0 Å². The number of esters is 2. The molecule has 1 fully saturated rings. The summed E-state index contributed by atoms with van der Waals surface area (Å²) in [7, 11) is 0. The highest BCUT2D eigenvalue weighted by molar-refractivity contribution is 6.33. The number of nitrogen functional groups attached to an aromatic ring is 1. The minimum atomic E-state index is -0.531. The largest absolute Gasteiger partial charge is 0.465 e. The minimum absolute atomic E-state index is 0.0412. The van der Waals surface area contributed by atoms with Crippen molar-refractivity contribution in [3.63, 3.8) is 0 Å². The van der Waals surface area contributed by atoms with Crippen molar-refractivity contribution in [2.75, 3.05) is 18.9 Å². The molecule has 1 aliphatic carbocycles. The van der Waals surface area contributed by atoms with Crippen LogP contribution in [0.25, 0.3) is 17.4 Å². The highest BCUT2D eigenvalue weighted by atomic mass is 35.5. The van der Waals surface area contributed by atoms with E-state index in [-0.39, 0.29) is 24.3 Å². The standard InChI is InChI=1S/C15H16ClN5O4/c1-8(22)24-5-15(6-25-9(2)23)3-10(15)4-21-7-18-11-12(16)19-14(17)20-13(11)21/h4,7H,3,5-6H2,1-2H3,(H2,17,19,20)/b10-4+. The van der Waals surface area contributed by atoms with Crippen molar-refractivity contribution in [3.05, 3.63) is 17.1 Å². The zero-order valence-electron chi connectivity index (χ0n) is 13.7. The second-order valence-corrected chi connectivity index (χ2v) is 6.23. The molecule has 0 aromatic carbocycles. The molecule has 132 valence electrons. The highest BCUT2D eigenvalue weighted by Crippen LogP contribution is 2.53. The minimum Gasteiger partial charge on any atom is -0.465 e. The van der Waals surface area contributed by atoms with E-state index in [0.29, 0.717) is 17.6 Å². The Kier molecular flexibility index (Phi) is 4.34. The number of rotatable bonds is 5. The Labute approximate surface area is 147 Å². The van der Waals surface area contributed by atoms with Gasteiger partial charge in [-0.1, -0.05) is 11.6 Å². The van der Waals surface area contributed by atoms with Gasteiger partial charge in [0.25, 0.3) is 0 Å². The molecule has 0 saturated heterocycles. The van der Waals surface area contributed by atoms with Crippen LogP contribution in [0.4, 0.5) is 5.95 Å². The molecule has 0 unspecified atom stereocenters. The van der Waals surface area contributed by atoms with E-state index in [0.717, 1.165) is 5.57 Å². The Hall–Kier alpha value is -2.68. The van der Waals surface area contributed by atoms with Crippen LogP contribution >= 0.6 is 11.6 Å². The fraction of sp³-hybridized carbons (Fsp3) is 0.400. The van der Waals surface area contributed by atoms with Gasteiger partial charge in [0.05, 0.1) is 5.41 Å². The van der Waals surface area contributed by atoms with E-state index in [1.165, 1.54) is 13.8 Å². The topological polar surface area (TPSA) is 122 Å². The van der Waals surface area contributed by atoms with Crippen LogP contribution in [0.2, 0.25) is 5.15 Å². The van der Waals surface area contributed by atoms with Crippen LogP contribution < -0.4 is 5.73 Å². The van der Waals surface area contributed by atoms with E-state index in [4.69, 9.17) is 26.8 Å². The van der Waals surface area contributed by atoms with Crippen LogP contribution in [0.5, 0.6) is 0 Å². The highest BCUT2D eigenvalue weighted by Gasteiger charge is 2.51. The summed E-state index contributed by atoms with van der Waals surface area (Å²) in [4.78, 5) is 34.4. The quantitative estimate of drug-likeness (QED) is 0.623. The Bertz CT molecular complexity index is 873. The van der Waals surface area contributed by atoms with Gasteiger partial charge in [-0.25, -0.2) is 4.98 Å². The molecule has 0 bridgehead atoms. The number of anilines is 1. The predicted octanol–water partition coefficient (Wildman–Crippen LogP) is 1.42. The number of carbonyl (C=O) groups is 2. The molecule has 0 radical (unpaired) electrons. The Morgan fingerprint density at radius 3 is 2.56 bits per heavy atom. The van der Waals surface area contributed by atoms with E-state index in [9.17, 15) is 9.59 Å². The first kappa shape index (κ1) is 17.2. The second-order valence-electron chi connectivity index (χ2n) is 5.87. The molecule has 25 heavy (non-hydrogen) atoms. The maximum Gasteiger partial charge on any atom is 0.302 e. The van der Waals surface area contributed by atoms with Crippen LogP contribution in [0.1, 0.15) is 20.3 Å². The van der Waals surface area contributed by atoms with Gasteiger partial charge in [0, 0.05) is 20.0 Å². The Balaban J connectivity index is 1.90. The monoisotopic (exact) mass is 365 g/mol. The molecule has 10 heteroatoms. The summed E-state index contributed by atoms with van der Waals surface area (Å²) >= 11 is 6.01. The third-order valence-corrected chi connectivity index (χ3v) is 4.14. The summed E-state index contributed by atoms with van der Waals surface area (Å²) in [6, 6.07) is 0. The van der Waals surface area contributed by atoms with Crippen LogP contribution in [0, 0.1) is 5.41 Å². The number of carbonyl (C=O) groups excluding carboxylic acids is 2. The molecule has 9 nitrogen and oxygen atoms in total. The number of ether oxygens (including phenoxy) is 2. The average Bonchev–Trinajstić information content (AvgIpc) is 3.05. The number of aromatic nitrogens is 4. The smallest absolute Gasteiger partial charge is 0.302 e. The molecule has 2 aromatic rings. The molecule has 1 saturated carbocycles. The number of halogens is 1. The number of hydrogen-bond donors (Lipinski definition) is 1. The first-order valence-electron chi connectivity index (χ1n) is 7.44. The van der Waals surface area contributed by atoms with Gasteiger partial charge < -0.3 is 15.2 Å². The molecule has 0 aliphatic heterocycles. The molecular formula is C15H16ClN5O4. The summed E-state index contributed by atoms with van der Waals surface area (Å²) < 4.78 is 11.9. The number of nitrogens with two attached hydrogens (primary N) is 1. The van der Waals surface area contributed by atoms with Crippen molar-refractivity contribution >= 4 is 46.9 Å². The molecule has 1 aliphatic rings. The van der Waals surface area contributed by atoms with Crippen LogP contribution in [-0.2, 0) is 19.1 Å². The summed E-state index contributed by atoms with van der Waals surface area (Å²) in [5, 5.41) is 0.168. The van der Waals surface area contributed by atoms with Gasteiger partial charge in [0.1, 0.15) is 25.1 Å². The van der Waals surface area contributed by atoms with Crippen LogP contribution in [0.15, 0.2) is 11.9 Å². The summed E-state index contributed by atoms with van der Waals surface area (Å²) in [6.45, 7) is 2.92. The Morgan fingerprint density at radius 1 is 1.32 bits per heavy atom. The SMILES string of the molecule is CC(=O)OCC1(COC(C)=O)C/C1=C\n1cnc2c(Cl)nc(N)nc21. The van der Waals surface area contributed by atoms with E-state index < -0.39 is 17.4 Å². The van der Waals surface area contributed by atoms with Crippen molar-refractivity contribution in [2.24, 2.45) is 5.41 Å². The third kappa shape index (κ3) is 3.55. The predicted molar refractivity (Wildman–Crippen MR) is 89.3 cm³/mol. The maximum atomic E-state index is 11.1. The van der Waals surface area contributed by atoms with Gasteiger partial charge in [-0.2, -0.15) is 9.97 Å². The first-order valence-corrected chi connectivity index (χ1v) is 7.82. The van der Waals surface area contributed by atoms with Gasteiger partial charge in [0.2, 0.25) is 5.95 Å². The number of fused-ring (bicyclic) bond motifs is 1. The molecule has 0 atom stereocenters. The molecular weight excluding hydrogens is 350 g/mol. The zero-order chi connectivity index (χ0) is 18.2. The normalized spacial score (nSPS) is 16.8. The van der Waals surface area contributed by atoms with Crippen molar-refractivity contribution in [3.8, 4) is 0 Å². The van der Waals surface area contributed by atoms with Crippen molar-refractivity contribution < 1.29 is 19.1 Å². The second kappa shape index (κ2) is 6.32.